The Hall–Kier alpha value is -3.17. The number of benzene rings is 1. The number of nitrogen functional groups attached to an aromatic ring is 1. The molecule has 0 aliphatic carbocycles. The number of nitrogens with zero attached hydrogens (tertiary/aromatic N) is 4. The second-order valence-corrected chi connectivity index (χ2v) is 9.59. The summed E-state index contributed by atoms with van der Waals surface area (Å²) in [5.74, 6) is 0.396. The molecule has 1 atom stereocenters. The van der Waals surface area contributed by atoms with Gasteiger partial charge in [-0.15, -0.1) is 0 Å². The molecule has 1 unspecified atom stereocenters. The van der Waals surface area contributed by atoms with Crippen molar-refractivity contribution in [3.63, 3.8) is 0 Å². The van der Waals surface area contributed by atoms with Crippen molar-refractivity contribution < 1.29 is 13.3 Å². The number of anilines is 2. The molecule has 0 saturated carbocycles. The van der Waals surface area contributed by atoms with Gasteiger partial charge in [-0.05, 0) is 43.7 Å². The largest absolute Gasteiger partial charge is 0.381 e. The standard InChI is InChI=1S/C19H25N7O4S/c1-13-4-3-9-25(12-13)31(29,30)14-6-7-17(18(10-14)26(27)28)22-8-2-5-16-15(11-20)19(21)24-23-16/h6-7,10,13,22H,2-5,8-9,12H2,1H3,(H3,21,23,24). The van der Waals surface area contributed by atoms with Crippen molar-refractivity contribution in [1.29, 1.82) is 5.26 Å². The van der Waals surface area contributed by atoms with Crippen molar-refractivity contribution in [2.24, 2.45) is 5.92 Å². The summed E-state index contributed by atoms with van der Waals surface area (Å²) in [6.45, 7) is 3.21. The molecule has 2 heterocycles. The molecule has 1 saturated heterocycles. The van der Waals surface area contributed by atoms with Gasteiger partial charge in [-0.2, -0.15) is 14.7 Å². The van der Waals surface area contributed by atoms with Crippen molar-refractivity contribution in [3.05, 3.63) is 39.6 Å². The van der Waals surface area contributed by atoms with E-state index in [1.54, 1.807) is 0 Å². The fraction of sp³-hybridized carbons (Fsp3) is 0.474. The normalized spacial score (nSPS) is 17.2. The average Bonchev–Trinajstić information content (AvgIpc) is 3.10. The lowest BCUT2D eigenvalue weighted by Crippen LogP contribution is -2.39. The van der Waals surface area contributed by atoms with E-state index in [2.05, 4.69) is 15.5 Å². The molecule has 166 valence electrons. The van der Waals surface area contributed by atoms with Crippen LogP contribution in [0.1, 0.15) is 37.4 Å². The number of nitro groups is 1. The minimum atomic E-state index is -3.79. The molecule has 11 nitrogen and oxygen atoms in total. The van der Waals surface area contributed by atoms with Crippen LogP contribution < -0.4 is 11.1 Å². The predicted octanol–water partition coefficient (Wildman–Crippen LogP) is 2.24. The lowest BCUT2D eigenvalue weighted by molar-refractivity contribution is -0.384. The van der Waals surface area contributed by atoms with Crippen molar-refractivity contribution in [1.82, 2.24) is 14.5 Å². The summed E-state index contributed by atoms with van der Waals surface area (Å²) in [7, 11) is -3.79. The summed E-state index contributed by atoms with van der Waals surface area (Å²) in [5, 5.41) is 30.1. The van der Waals surface area contributed by atoms with Crippen LogP contribution in [0.15, 0.2) is 23.1 Å². The number of piperidine rings is 1. The summed E-state index contributed by atoms with van der Waals surface area (Å²) in [6.07, 6.45) is 2.78. The van der Waals surface area contributed by atoms with E-state index in [9.17, 15) is 18.5 Å². The monoisotopic (exact) mass is 447 g/mol. The molecule has 1 aliphatic heterocycles. The summed E-state index contributed by atoms with van der Waals surface area (Å²) in [6, 6.07) is 5.92. The minimum Gasteiger partial charge on any atom is -0.381 e. The Morgan fingerprint density at radius 2 is 2.26 bits per heavy atom. The molecule has 0 radical (unpaired) electrons. The topological polar surface area (TPSA) is 171 Å². The van der Waals surface area contributed by atoms with E-state index >= 15 is 0 Å². The molecule has 0 amide bonds. The molecule has 1 aromatic carbocycles. The van der Waals surface area contributed by atoms with Crippen LogP contribution >= 0.6 is 0 Å². The summed E-state index contributed by atoms with van der Waals surface area (Å²) >= 11 is 0. The van der Waals surface area contributed by atoms with E-state index < -0.39 is 14.9 Å². The Bertz CT molecular complexity index is 1110. The summed E-state index contributed by atoms with van der Waals surface area (Å²) in [5.41, 5.74) is 6.45. The van der Waals surface area contributed by atoms with Crippen molar-refractivity contribution in [2.45, 2.75) is 37.5 Å². The first-order valence-corrected chi connectivity index (χ1v) is 11.4. The zero-order valence-electron chi connectivity index (χ0n) is 17.2. The lowest BCUT2D eigenvalue weighted by atomic mass is 10.0. The lowest BCUT2D eigenvalue weighted by Gasteiger charge is -2.30. The molecule has 1 aromatic heterocycles. The van der Waals surface area contributed by atoms with Crippen LogP contribution in [0, 0.1) is 27.4 Å². The number of nitriles is 1. The highest BCUT2D eigenvalue weighted by molar-refractivity contribution is 7.89. The zero-order valence-corrected chi connectivity index (χ0v) is 18.0. The second kappa shape index (κ2) is 9.32. The molecule has 3 rings (SSSR count). The highest BCUT2D eigenvalue weighted by atomic mass is 32.2. The second-order valence-electron chi connectivity index (χ2n) is 7.65. The number of hydrogen-bond acceptors (Lipinski definition) is 8. The van der Waals surface area contributed by atoms with Crippen LogP contribution in [0.2, 0.25) is 0 Å². The Kier molecular flexibility index (Phi) is 6.77. The molecule has 1 fully saturated rings. The highest BCUT2D eigenvalue weighted by Gasteiger charge is 2.30. The van der Waals surface area contributed by atoms with Crippen LogP contribution in [0.5, 0.6) is 0 Å². The molecule has 1 aliphatic rings. The van der Waals surface area contributed by atoms with Gasteiger partial charge in [-0.3, -0.25) is 15.2 Å². The number of hydrogen-bond donors (Lipinski definition) is 3. The number of nitrogens with two attached hydrogens (primary N) is 1. The van der Waals surface area contributed by atoms with Crippen molar-refractivity contribution in [3.8, 4) is 6.07 Å². The molecular weight excluding hydrogens is 422 g/mol. The van der Waals surface area contributed by atoms with Gasteiger partial charge in [-0.25, -0.2) is 8.42 Å². The molecular formula is C19H25N7O4S. The molecule has 4 N–H and O–H groups in total. The number of rotatable bonds is 8. The maximum atomic E-state index is 12.9. The first kappa shape index (κ1) is 22.5. The van der Waals surface area contributed by atoms with Gasteiger partial charge in [0.2, 0.25) is 10.0 Å². The van der Waals surface area contributed by atoms with E-state index in [0.717, 1.165) is 18.9 Å². The van der Waals surface area contributed by atoms with E-state index in [-0.39, 0.29) is 28.0 Å². The molecule has 0 spiro atoms. The van der Waals surface area contributed by atoms with Crippen LogP contribution in [-0.2, 0) is 16.4 Å². The minimum absolute atomic E-state index is 0.0783. The van der Waals surface area contributed by atoms with Crippen LogP contribution in [-0.4, -0.2) is 47.5 Å². The van der Waals surface area contributed by atoms with Crippen LogP contribution in [0.3, 0.4) is 0 Å². The summed E-state index contributed by atoms with van der Waals surface area (Å²) < 4.78 is 27.3. The van der Waals surface area contributed by atoms with Crippen LogP contribution in [0.4, 0.5) is 17.2 Å². The fourth-order valence-electron chi connectivity index (χ4n) is 3.67. The molecule has 12 heteroatoms. The van der Waals surface area contributed by atoms with Gasteiger partial charge in [0.05, 0.1) is 15.5 Å². The first-order chi connectivity index (χ1) is 14.7. The van der Waals surface area contributed by atoms with E-state index in [1.165, 1.54) is 16.4 Å². The quantitative estimate of drug-likeness (QED) is 0.314. The van der Waals surface area contributed by atoms with E-state index in [4.69, 9.17) is 11.0 Å². The number of H-pyrrole nitrogens is 1. The SMILES string of the molecule is CC1CCCN(S(=O)(=O)c2ccc(NCCCc3[nH]nc(N)c3C#N)c([N+](=O)[O-])c2)C1. The van der Waals surface area contributed by atoms with Gasteiger partial charge < -0.3 is 11.1 Å². The van der Waals surface area contributed by atoms with Gasteiger partial charge in [0.25, 0.3) is 5.69 Å². The summed E-state index contributed by atoms with van der Waals surface area (Å²) in [4.78, 5) is 10.9. The molecule has 31 heavy (non-hydrogen) atoms. The first-order valence-electron chi connectivity index (χ1n) is 9.99. The maximum Gasteiger partial charge on any atom is 0.293 e. The van der Waals surface area contributed by atoms with Crippen LogP contribution in [0.25, 0.3) is 0 Å². The molecule has 2 aromatic rings. The zero-order chi connectivity index (χ0) is 22.6. The van der Waals surface area contributed by atoms with Gasteiger partial charge in [0.1, 0.15) is 17.3 Å². The molecule has 0 bridgehead atoms. The van der Waals surface area contributed by atoms with Crippen molar-refractivity contribution >= 4 is 27.2 Å². The maximum absolute atomic E-state index is 12.9. The van der Waals surface area contributed by atoms with Gasteiger partial charge in [-0.1, -0.05) is 6.92 Å². The Morgan fingerprint density at radius 1 is 1.48 bits per heavy atom. The number of aryl methyl sites for hydroxylation is 1. The Labute approximate surface area is 180 Å². The third kappa shape index (κ3) is 4.95. The number of aromatic amines is 1. The third-order valence-corrected chi connectivity index (χ3v) is 7.18. The number of nitro benzene ring substituents is 1. The highest BCUT2D eigenvalue weighted by Crippen LogP contribution is 2.30. The van der Waals surface area contributed by atoms with Gasteiger partial charge in [0, 0.05) is 25.7 Å². The Morgan fingerprint density at radius 3 is 2.94 bits per heavy atom. The fourth-order valence-corrected chi connectivity index (χ4v) is 5.29. The van der Waals surface area contributed by atoms with E-state index in [1.807, 2.05) is 13.0 Å². The van der Waals surface area contributed by atoms with Gasteiger partial charge in [0.15, 0.2) is 5.82 Å². The number of nitrogens with one attached hydrogen (secondary N) is 2. The third-order valence-electron chi connectivity index (χ3n) is 5.32. The van der Waals surface area contributed by atoms with Gasteiger partial charge >= 0.3 is 0 Å². The Balaban J connectivity index is 1.70. The average molecular weight is 448 g/mol. The van der Waals surface area contributed by atoms with E-state index in [0.29, 0.717) is 43.7 Å². The predicted molar refractivity (Wildman–Crippen MR) is 115 cm³/mol. The smallest absolute Gasteiger partial charge is 0.293 e. The number of aromatic nitrogens is 2. The van der Waals surface area contributed by atoms with Crippen molar-refractivity contribution in [2.75, 3.05) is 30.7 Å². The number of sulfonamides is 1.